The van der Waals surface area contributed by atoms with E-state index in [0.29, 0.717) is 28.1 Å². The number of carbonyl (C=O) groups is 2. The van der Waals surface area contributed by atoms with Crippen LogP contribution in [0.1, 0.15) is 40.1 Å². The molecule has 0 atom stereocenters. The molecule has 1 amide bonds. The average Bonchev–Trinajstić information content (AvgIpc) is 2.74. The zero-order chi connectivity index (χ0) is 21.7. The first-order chi connectivity index (χ1) is 14.3. The van der Waals surface area contributed by atoms with Crippen LogP contribution < -0.4 is 10.0 Å². The third-order valence-corrected chi connectivity index (χ3v) is 6.23. The first kappa shape index (κ1) is 21.3. The van der Waals surface area contributed by atoms with E-state index in [0.717, 1.165) is 0 Å². The van der Waals surface area contributed by atoms with Gasteiger partial charge in [0, 0.05) is 28.1 Å². The SMILES string of the molecule is CC(C)S(=O)(=O)Nc1ccc(C(=O)Nc2ccc(C(=O)c3ccccc3)cc2)cc1. The summed E-state index contributed by atoms with van der Waals surface area (Å²) in [4.78, 5) is 24.9. The second-order valence-electron chi connectivity index (χ2n) is 7.00. The number of nitrogens with one attached hydrogen (secondary N) is 2. The van der Waals surface area contributed by atoms with Crippen LogP contribution in [-0.4, -0.2) is 25.4 Å². The van der Waals surface area contributed by atoms with Gasteiger partial charge in [0.05, 0.1) is 5.25 Å². The molecular formula is C23H22N2O4S. The quantitative estimate of drug-likeness (QED) is 0.555. The van der Waals surface area contributed by atoms with Crippen molar-refractivity contribution in [1.82, 2.24) is 0 Å². The lowest BCUT2D eigenvalue weighted by atomic mass is 10.0. The number of hydrogen-bond donors (Lipinski definition) is 2. The Labute approximate surface area is 176 Å². The molecule has 30 heavy (non-hydrogen) atoms. The van der Waals surface area contributed by atoms with Crippen LogP contribution in [-0.2, 0) is 10.0 Å². The van der Waals surface area contributed by atoms with E-state index in [-0.39, 0.29) is 11.7 Å². The van der Waals surface area contributed by atoms with Gasteiger partial charge in [-0.3, -0.25) is 14.3 Å². The molecule has 0 aromatic heterocycles. The Balaban J connectivity index is 1.65. The molecule has 0 aliphatic carbocycles. The van der Waals surface area contributed by atoms with E-state index in [9.17, 15) is 18.0 Å². The van der Waals surface area contributed by atoms with Crippen LogP contribution in [0.2, 0.25) is 0 Å². The van der Waals surface area contributed by atoms with Crippen molar-refractivity contribution < 1.29 is 18.0 Å². The van der Waals surface area contributed by atoms with E-state index in [4.69, 9.17) is 0 Å². The van der Waals surface area contributed by atoms with Crippen LogP contribution >= 0.6 is 0 Å². The monoisotopic (exact) mass is 422 g/mol. The van der Waals surface area contributed by atoms with Gasteiger partial charge in [-0.25, -0.2) is 8.42 Å². The molecule has 0 aliphatic rings. The molecule has 3 aromatic rings. The van der Waals surface area contributed by atoms with Crippen LogP contribution in [0.5, 0.6) is 0 Å². The Hall–Kier alpha value is -3.45. The molecule has 154 valence electrons. The highest BCUT2D eigenvalue weighted by Gasteiger charge is 2.16. The number of hydrogen-bond acceptors (Lipinski definition) is 4. The molecule has 2 N–H and O–H groups in total. The fourth-order valence-corrected chi connectivity index (χ4v) is 3.34. The summed E-state index contributed by atoms with van der Waals surface area (Å²) in [7, 11) is -3.44. The molecule has 3 aromatic carbocycles. The fourth-order valence-electron chi connectivity index (χ4n) is 2.64. The summed E-state index contributed by atoms with van der Waals surface area (Å²) in [6.45, 7) is 3.17. The number of amides is 1. The van der Waals surface area contributed by atoms with Gasteiger partial charge in [-0.2, -0.15) is 0 Å². The van der Waals surface area contributed by atoms with Crippen molar-refractivity contribution in [2.45, 2.75) is 19.1 Å². The third kappa shape index (κ3) is 5.12. The van der Waals surface area contributed by atoms with Gasteiger partial charge >= 0.3 is 0 Å². The first-order valence-corrected chi connectivity index (χ1v) is 10.9. The molecule has 0 radical (unpaired) electrons. The van der Waals surface area contributed by atoms with Crippen molar-refractivity contribution in [1.29, 1.82) is 0 Å². The molecule has 0 fully saturated rings. The van der Waals surface area contributed by atoms with Crippen LogP contribution in [0.4, 0.5) is 11.4 Å². The van der Waals surface area contributed by atoms with Crippen molar-refractivity contribution in [2.24, 2.45) is 0 Å². The molecular weight excluding hydrogens is 400 g/mol. The highest BCUT2D eigenvalue weighted by molar-refractivity contribution is 7.93. The molecule has 0 bridgehead atoms. The summed E-state index contributed by atoms with van der Waals surface area (Å²) in [5, 5.41) is 2.20. The molecule has 0 spiro atoms. The maximum atomic E-state index is 12.4. The van der Waals surface area contributed by atoms with E-state index in [1.807, 2.05) is 6.07 Å². The number of benzene rings is 3. The van der Waals surface area contributed by atoms with Gasteiger partial charge in [-0.15, -0.1) is 0 Å². The minimum absolute atomic E-state index is 0.0899. The Kier molecular flexibility index (Phi) is 6.32. The van der Waals surface area contributed by atoms with E-state index in [1.165, 1.54) is 12.1 Å². The smallest absolute Gasteiger partial charge is 0.255 e. The van der Waals surface area contributed by atoms with E-state index < -0.39 is 15.3 Å². The lowest BCUT2D eigenvalue weighted by Gasteiger charge is -2.11. The third-order valence-electron chi connectivity index (χ3n) is 4.47. The number of carbonyl (C=O) groups excluding carboxylic acids is 2. The summed E-state index contributed by atoms with van der Waals surface area (Å²) < 4.78 is 26.3. The summed E-state index contributed by atoms with van der Waals surface area (Å²) in [6.07, 6.45) is 0. The van der Waals surface area contributed by atoms with E-state index in [2.05, 4.69) is 10.0 Å². The Bertz CT molecular complexity index is 1140. The molecule has 0 saturated carbocycles. The maximum Gasteiger partial charge on any atom is 0.255 e. The highest BCUT2D eigenvalue weighted by Crippen LogP contribution is 2.17. The average molecular weight is 423 g/mol. The fraction of sp³-hybridized carbons (Fsp3) is 0.130. The number of rotatable bonds is 7. The normalized spacial score (nSPS) is 11.2. The topological polar surface area (TPSA) is 92.3 Å². The summed E-state index contributed by atoms with van der Waals surface area (Å²) in [6, 6.07) is 21.8. The summed E-state index contributed by atoms with van der Waals surface area (Å²) in [5.41, 5.74) is 2.45. The lowest BCUT2D eigenvalue weighted by molar-refractivity contribution is 0.102. The van der Waals surface area contributed by atoms with Crippen LogP contribution in [0.3, 0.4) is 0 Å². The second-order valence-corrected chi connectivity index (χ2v) is 9.24. The molecule has 3 rings (SSSR count). The predicted molar refractivity (Wildman–Crippen MR) is 118 cm³/mol. The Morgan fingerprint density at radius 1 is 0.700 bits per heavy atom. The Morgan fingerprint density at radius 3 is 1.77 bits per heavy atom. The molecule has 0 unspecified atom stereocenters. The van der Waals surface area contributed by atoms with Crippen molar-refractivity contribution in [3.05, 3.63) is 95.6 Å². The van der Waals surface area contributed by atoms with Gasteiger partial charge in [-0.05, 0) is 62.4 Å². The lowest BCUT2D eigenvalue weighted by Crippen LogP contribution is -2.22. The standard InChI is InChI=1S/C23H22N2O4S/c1-16(2)30(28,29)25-21-14-10-19(11-15-21)23(27)24-20-12-8-18(9-13-20)22(26)17-6-4-3-5-7-17/h3-16,25H,1-2H3,(H,24,27). The zero-order valence-corrected chi connectivity index (χ0v) is 17.4. The van der Waals surface area contributed by atoms with Gasteiger partial charge in [0.2, 0.25) is 10.0 Å². The minimum Gasteiger partial charge on any atom is -0.322 e. The number of ketones is 1. The number of anilines is 2. The largest absolute Gasteiger partial charge is 0.322 e. The van der Waals surface area contributed by atoms with Crippen LogP contribution in [0, 0.1) is 0 Å². The van der Waals surface area contributed by atoms with Crippen LogP contribution in [0.15, 0.2) is 78.9 Å². The first-order valence-electron chi connectivity index (χ1n) is 9.39. The molecule has 6 nitrogen and oxygen atoms in total. The van der Waals surface area contributed by atoms with Crippen molar-refractivity contribution in [3.63, 3.8) is 0 Å². The maximum absolute atomic E-state index is 12.4. The van der Waals surface area contributed by atoms with Crippen LogP contribution in [0.25, 0.3) is 0 Å². The zero-order valence-electron chi connectivity index (χ0n) is 16.6. The van der Waals surface area contributed by atoms with Gasteiger partial charge < -0.3 is 5.32 Å². The van der Waals surface area contributed by atoms with Gasteiger partial charge in [0.1, 0.15) is 0 Å². The van der Waals surface area contributed by atoms with E-state index in [1.54, 1.807) is 74.5 Å². The molecule has 0 heterocycles. The molecule has 7 heteroatoms. The van der Waals surface area contributed by atoms with Crippen molar-refractivity contribution in [3.8, 4) is 0 Å². The minimum atomic E-state index is -3.44. The van der Waals surface area contributed by atoms with Gasteiger partial charge in [0.25, 0.3) is 5.91 Å². The van der Waals surface area contributed by atoms with Gasteiger partial charge in [-0.1, -0.05) is 30.3 Å². The summed E-state index contributed by atoms with van der Waals surface area (Å²) >= 11 is 0. The molecule has 0 saturated heterocycles. The molecule has 0 aliphatic heterocycles. The second kappa shape index (κ2) is 8.92. The Morgan fingerprint density at radius 2 is 1.20 bits per heavy atom. The number of sulfonamides is 1. The van der Waals surface area contributed by atoms with Gasteiger partial charge in [0.15, 0.2) is 5.78 Å². The highest BCUT2D eigenvalue weighted by atomic mass is 32.2. The van der Waals surface area contributed by atoms with Crippen molar-refractivity contribution >= 4 is 33.1 Å². The van der Waals surface area contributed by atoms with Crippen molar-refractivity contribution in [2.75, 3.05) is 10.0 Å². The predicted octanol–water partition coefficient (Wildman–Crippen LogP) is 4.32. The van der Waals surface area contributed by atoms with E-state index >= 15 is 0 Å². The summed E-state index contributed by atoms with van der Waals surface area (Å²) in [5.74, 6) is -0.427.